The van der Waals surface area contributed by atoms with Gasteiger partial charge in [-0.25, -0.2) is 4.98 Å². The van der Waals surface area contributed by atoms with Crippen LogP contribution >= 0.6 is 0 Å². The van der Waals surface area contributed by atoms with Crippen LogP contribution in [-0.2, 0) is 13.0 Å². The van der Waals surface area contributed by atoms with Crippen LogP contribution < -0.4 is 10.5 Å². The summed E-state index contributed by atoms with van der Waals surface area (Å²) in [4.78, 5) is 4.39. The second-order valence-electron chi connectivity index (χ2n) is 5.45. The Kier molecular flexibility index (Phi) is 5.81. The van der Waals surface area contributed by atoms with E-state index in [0.29, 0.717) is 6.61 Å². The van der Waals surface area contributed by atoms with Crippen molar-refractivity contribution in [2.24, 2.45) is 5.73 Å². The van der Waals surface area contributed by atoms with E-state index in [0.717, 1.165) is 37.4 Å². The molecule has 1 aromatic carbocycles. The number of nitrogens with two attached hydrogens (primary N) is 1. The standard InChI is InChI=1S/C17H25N3O/c1-3-9-20-10-8-19-17(20)13-15(18)7-11-21-16-6-4-5-14(2)12-16/h4-6,8,10,12,15H,3,7,9,11,13,18H2,1-2H3. The van der Waals surface area contributed by atoms with Crippen molar-refractivity contribution in [3.05, 3.63) is 48.0 Å². The predicted molar refractivity (Wildman–Crippen MR) is 85.5 cm³/mol. The zero-order valence-electron chi connectivity index (χ0n) is 13.0. The molecule has 2 rings (SSSR count). The van der Waals surface area contributed by atoms with Gasteiger partial charge in [-0.3, -0.25) is 0 Å². The number of hydrogen-bond donors (Lipinski definition) is 1. The molecule has 0 saturated heterocycles. The largest absolute Gasteiger partial charge is 0.494 e. The molecule has 0 aliphatic rings. The molecule has 0 aliphatic carbocycles. The third-order valence-electron chi connectivity index (χ3n) is 3.46. The number of imidazole rings is 1. The summed E-state index contributed by atoms with van der Waals surface area (Å²) in [5, 5.41) is 0. The van der Waals surface area contributed by atoms with Crippen molar-refractivity contribution >= 4 is 0 Å². The number of aryl methyl sites for hydroxylation is 2. The zero-order valence-corrected chi connectivity index (χ0v) is 13.0. The highest BCUT2D eigenvalue weighted by atomic mass is 16.5. The summed E-state index contributed by atoms with van der Waals surface area (Å²) in [7, 11) is 0. The lowest BCUT2D eigenvalue weighted by molar-refractivity contribution is 0.296. The molecule has 2 aromatic rings. The maximum Gasteiger partial charge on any atom is 0.119 e. The van der Waals surface area contributed by atoms with Crippen LogP contribution in [0.2, 0.25) is 0 Å². The van der Waals surface area contributed by atoms with Crippen LogP contribution in [0.3, 0.4) is 0 Å². The van der Waals surface area contributed by atoms with E-state index in [1.807, 2.05) is 30.6 Å². The SMILES string of the molecule is CCCn1ccnc1CC(N)CCOc1cccc(C)c1. The fraction of sp³-hybridized carbons (Fsp3) is 0.471. The first-order valence-corrected chi connectivity index (χ1v) is 7.64. The molecule has 0 bridgehead atoms. The molecule has 2 N–H and O–H groups in total. The van der Waals surface area contributed by atoms with Crippen LogP contribution in [0.15, 0.2) is 36.7 Å². The molecule has 0 saturated carbocycles. The number of benzene rings is 1. The van der Waals surface area contributed by atoms with Crippen LogP contribution in [0.4, 0.5) is 0 Å². The summed E-state index contributed by atoms with van der Waals surface area (Å²) in [6, 6.07) is 8.16. The Balaban J connectivity index is 1.77. The van der Waals surface area contributed by atoms with E-state index in [4.69, 9.17) is 10.5 Å². The summed E-state index contributed by atoms with van der Waals surface area (Å²) in [6.45, 7) is 5.87. The third-order valence-corrected chi connectivity index (χ3v) is 3.46. The highest BCUT2D eigenvalue weighted by Gasteiger charge is 2.09. The van der Waals surface area contributed by atoms with Gasteiger partial charge >= 0.3 is 0 Å². The second-order valence-corrected chi connectivity index (χ2v) is 5.45. The Labute approximate surface area is 127 Å². The molecule has 21 heavy (non-hydrogen) atoms. The summed E-state index contributed by atoms with van der Waals surface area (Å²) < 4.78 is 7.93. The van der Waals surface area contributed by atoms with Gasteiger partial charge in [0.25, 0.3) is 0 Å². The van der Waals surface area contributed by atoms with Crippen LogP contribution in [-0.4, -0.2) is 22.2 Å². The van der Waals surface area contributed by atoms with E-state index in [1.54, 1.807) is 0 Å². The molecule has 1 unspecified atom stereocenters. The number of aromatic nitrogens is 2. The summed E-state index contributed by atoms with van der Waals surface area (Å²) in [6.07, 6.45) is 6.60. The highest BCUT2D eigenvalue weighted by Crippen LogP contribution is 2.13. The van der Waals surface area contributed by atoms with E-state index in [2.05, 4.69) is 29.5 Å². The topological polar surface area (TPSA) is 53.1 Å². The van der Waals surface area contributed by atoms with Gasteiger partial charge in [-0.15, -0.1) is 0 Å². The van der Waals surface area contributed by atoms with Crippen LogP contribution in [0.25, 0.3) is 0 Å². The molecule has 4 nitrogen and oxygen atoms in total. The maximum atomic E-state index is 6.19. The van der Waals surface area contributed by atoms with Crippen LogP contribution in [0.1, 0.15) is 31.2 Å². The molecule has 0 fully saturated rings. The van der Waals surface area contributed by atoms with E-state index >= 15 is 0 Å². The first-order valence-electron chi connectivity index (χ1n) is 7.64. The van der Waals surface area contributed by atoms with Gasteiger partial charge in [-0.05, 0) is 37.5 Å². The van der Waals surface area contributed by atoms with Crippen molar-refractivity contribution in [3.63, 3.8) is 0 Å². The monoisotopic (exact) mass is 287 g/mol. The Bertz CT molecular complexity index is 550. The van der Waals surface area contributed by atoms with Crippen molar-refractivity contribution in [3.8, 4) is 5.75 Å². The van der Waals surface area contributed by atoms with Gasteiger partial charge in [0, 0.05) is 31.4 Å². The lowest BCUT2D eigenvalue weighted by atomic mass is 10.1. The van der Waals surface area contributed by atoms with Gasteiger partial charge in [-0.2, -0.15) is 0 Å². The predicted octanol–water partition coefficient (Wildman–Crippen LogP) is 2.94. The molecule has 0 radical (unpaired) electrons. The number of hydrogen-bond acceptors (Lipinski definition) is 3. The normalized spacial score (nSPS) is 12.3. The Hall–Kier alpha value is -1.81. The van der Waals surface area contributed by atoms with Crippen LogP contribution in [0.5, 0.6) is 5.75 Å². The summed E-state index contributed by atoms with van der Waals surface area (Å²) >= 11 is 0. The first kappa shape index (κ1) is 15.6. The minimum atomic E-state index is 0.0767. The summed E-state index contributed by atoms with van der Waals surface area (Å²) in [5.74, 6) is 1.98. The third kappa shape index (κ3) is 4.90. The Morgan fingerprint density at radius 1 is 1.38 bits per heavy atom. The van der Waals surface area contributed by atoms with Crippen molar-refractivity contribution < 1.29 is 4.74 Å². The van der Waals surface area contributed by atoms with Crippen molar-refractivity contribution in [1.82, 2.24) is 9.55 Å². The molecule has 1 heterocycles. The Morgan fingerprint density at radius 2 is 2.24 bits per heavy atom. The molecule has 1 aromatic heterocycles. The fourth-order valence-corrected chi connectivity index (χ4v) is 2.34. The van der Waals surface area contributed by atoms with Crippen LogP contribution in [0, 0.1) is 6.92 Å². The van der Waals surface area contributed by atoms with E-state index in [1.165, 1.54) is 5.56 Å². The number of ether oxygens (including phenoxy) is 1. The average Bonchev–Trinajstić information content (AvgIpc) is 2.86. The molecule has 114 valence electrons. The first-order chi connectivity index (χ1) is 10.2. The lowest BCUT2D eigenvalue weighted by Gasteiger charge is -2.13. The van der Waals surface area contributed by atoms with Crippen molar-refractivity contribution in [1.29, 1.82) is 0 Å². The fourth-order valence-electron chi connectivity index (χ4n) is 2.34. The minimum Gasteiger partial charge on any atom is -0.494 e. The van der Waals surface area contributed by atoms with Gasteiger partial charge in [0.15, 0.2) is 0 Å². The molecule has 0 aliphatic heterocycles. The molecule has 1 atom stereocenters. The van der Waals surface area contributed by atoms with Gasteiger partial charge in [-0.1, -0.05) is 19.1 Å². The van der Waals surface area contributed by atoms with Gasteiger partial charge in [0.2, 0.25) is 0 Å². The molecular formula is C17H25N3O. The quantitative estimate of drug-likeness (QED) is 0.812. The summed E-state index contributed by atoms with van der Waals surface area (Å²) in [5.41, 5.74) is 7.40. The lowest BCUT2D eigenvalue weighted by Crippen LogP contribution is -2.27. The van der Waals surface area contributed by atoms with Gasteiger partial charge < -0.3 is 15.0 Å². The second kappa shape index (κ2) is 7.84. The molecule has 4 heteroatoms. The van der Waals surface area contributed by atoms with E-state index in [-0.39, 0.29) is 6.04 Å². The van der Waals surface area contributed by atoms with Crippen molar-refractivity contribution in [2.75, 3.05) is 6.61 Å². The Morgan fingerprint density at radius 3 is 3.00 bits per heavy atom. The maximum absolute atomic E-state index is 6.19. The van der Waals surface area contributed by atoms with Gasteiger partial charge in [0.1, 0.15) is 11.6 Å². The van der Waals surface area contributed by atoms with Gasteiger partial charge in [0.05, 0.1) is 6.61 Å². The minimum absolute atomic E-state index is 0.0767. The zero-order chi connectivity index (χ0) is 15.1. The van der Waals surface area contributed by atoms with E-state index in [9.17, 15) is 0 Å². The smallest absolute Gasteiger partial charge is 0.119 e. The average molecular weight is 287 g/mol. The molecule has 0 spiro atoms. The number of nitrogens with zero attached hydrogens (tertiary/aromatic N) is 2. The van der Waals surface area contributed by atoms with E-state index < -0.39 is 0 Å². The van der Waals surface area contributed by atoms with Crippen molar-refractivity contribution in [2.45, 2.75) is 45.7 Å². The molecule has 0 amide bonds. The number of rotatable bonds is 8. The highest BCUT2D eigenvalue weighted by molar-refractivity contribution is 5.27. The molecular weight excluding hydrogens is 262 g/mol.